The first-order valence-electron chi connectivity index (χ1n) is 4.18. The van der Waals surface area contributed by atoms with Crippen molar-refractivity contribution in [2.45, 2.75) is 26.4 Å². The minimum atomic E-state index is 0.360. The fraction of sp³-hybridized carbons (Fsp3) is 0.600. The Morgan fingerprint density at radius 2 is 2.36 bits per heavy atom. The molecule has 0 radical (unpaired) electrons. The van der Waals surface area contributed by atoms with Crippen molar-refractivity contribution in [2.24, 2.45) is 5.92 Å². The topological polar surface area (TPSA) is 9.23 Å². The van der Waals surface area contributed by atoms with Gasteiger partial charge in [0.25, 0.3) is 0 Å². The Labute approximate surface area is 68.8 Å². The molecular weight excluding hydrogens is 136 g/mol. The second-order valence-corrected chi connectivity index (χ2v) is 3.05. The summed E-state index contributed by atoms with van der Waals surface area (Å²) in [6.07, 6.45) is 5.60. The molecule has 1 rings (SSSR count). The maximum Gasteiger partial charge on any atom is 0.0616 e. The second kappa shape index (κ2) is 3.72. The van der Waals surface area contributed by atoms with Crippen molar-refractivity contribution in [3.05, 3.63) is 24.3 Å². The van der Waals surface area contributed by atoms with Crippen LogP contribution in [0.3, 0.4) is 0 Å². The molecule has 1 heterocycles. The lowest BCUT2D eigenvalue weighted by molar-refractivity contribution is 0.113. The van der Waals surface area contributed by atoms with Crippen LogP contribution < -0.4 is 0 Å². The summed E-state index contributed by atoms with van der Waals surface area (Å²) in [5.74, 6) is 0.547. The van der Waals surface area contributed by atoms with Crippen LogP contribution in [0.4, 0.5) is 0 Å². The summed E-state index contributed by atoms with van der Waals surface area (Å²) >= 11 is 0. The van der Waals surface area contributed by atoms with Gasteiger partial charge in [-0.05, 0) is 25.8 Å². The maximum absolute atomic E-state index is 5.44. The standard InChI is InChI=1S/C10H16O/c1-4-5-8(2)10-6-7-11-9(10)3/h4-5,9-10H,2,6-7H2,1,3H3/b5-4-. The minimum Gasteiger partial charge on any atom is -0.378 e. The van der Waals surface area contributed by atoms with E-state index in [4.69, 9.17) is 4.74 Å². The molecule has 0 aromatic heterocycles. The third-order valence-electron chi connectivity index (χ3n) is 2.23. The smallest absolute Gasteiger partial charge is 0.0616 e. The quantitative estimate of drug-likeness (QED) is 0.552. The van der Waals surface area contributed by atoms with Crippen molar-refractivity contribution in [1.82, 2.24) is 0 Å². The van der Waals surface area contributed by atoms with Gasteiger partial charge in [0.1, 0.15) is 0 Å². The van der Waals surface area contributed by atoms with Crippen molar-refractivity contribution < 1.29 is 4.74 Å². The van der Waals surface area contributed by atoms with E-state index in [0.29, 0.717) is 12.0 Å². The van der Waals surface area contributed by atoms with Crippen LogP contribution in [0.15, 0.2) is 24.3 Å². The minimum absolute atomic E-state index is 0.360. The van der Waals surface area contributed by atoms with Gasteiger partial charge in [-0.25, -0.2) is 0 Å². The van der Waals surface area contributed by atoms with E-state index in [2.05, 4.69) is 19.6 Å². The molecule has 1 fully saturated rings. The van der Waals surface area contributed by atoms with Gasteiger partial charge in [0.15, 0.2) is 0 Å². The first-order chi connectivity index (χ1) is 5.25. The summed E-state index contributed by atoms with van der Waals surface area (Å²) < 4.78 is 5.44. The summed E-state index contributed by atoms with van der Waals surface area (Å²) in [5.41, 5.74) is 1.21. The first kappa shape index (κ1) is 8.54. The van der Waals surface area contributed by atoms with Gasteiger partial charge in [-0.1, -0.05) is 18.7 Å². The molecule has 0 saturated carbocycles. The Balaban J connectivity index is 2.52. The molecule has 11 heavy (non-hydrogen) atoms. The molecule has 2 atom stereocenters. The fourth-order valence-electron chi connectivity index (χ4n) is 1.56. The normalized spacial score (nSPS) is 31.5. The molecule has 0 N–H and O–H groups in total. The zero-order valence-corrected chi connectivity index (χ0v) is 7.34. The lowest BCUT2D eigenvalue weighted by Crippen LogP contribution is -2.11. The molecular formula is C10H16O. The van der Waals surface area contributed by atoms with Crippen LogP contribution in [0.5, 0.6) is 0 Å². The van der Waals surface area contributed by atoms with Crippen molar-refractivity contribution in [3.8, 4) is 0 Å². The van der Waals surface area contributed by atoms with E-state index in [-0.39, 0.29) is 0 Å². The largest absolute Gasteiger partial charge is 0.378 e. The van der Waals surface area contributed by atoms with Gasteiger partial charge in [0.05, 0.1) is 6.10 Å². The molecule has 1 aliphatic heterocycles. The molecule has 0 amide bonds. The molecule has 0 aromatic rings. The van der Waals surface area contributed by atoms with E-state index in [0.717, 1.165) is 13.0 Å². The molecule has 1 nitrogen and oxygen atoms in total. The van der Waals surface area contributed by atoms with Crippen LogP contribution in [0.25, 0.3) is 0 Å². The van der Waals surface area contributed by atoms with Gasteiger partial charge >= 0.3 is 0 Å². The predicted octanol–water partition coefficient (Wildman–Crippen LogP) is 2.54. The van der Waals surface area contributed by atoms with Crippen molar-refractivity contribution in [2.75, 3.05) is 6.61 Å². The van der Waals surface area contributed by atoms with Crippen molar-refractivity contribution in [3.63, 3.8) is 0 Å². The third kappa shape index (κ3) is 1.93. The Morgan fingerprint density at radius 3 is 2.82 bits per heavy atom. The van der Waals surface area contributed by atoms with Crippen LogP contribution in [-0.4, -0.2) is 12.7 Å². The van der Waals surface area contributed by atoms with Crippen LogP contribution in [-0.2, 0) is 4.74 Å². The van der Waals surface area contributed by atoms with Crippen molar-refractivity contribution >= 4 is 0 Å². The molecule has 0 aromatic carbocycles. The van der Waals surface area contributed by atoms with E-state index in [1.54, 1.807) is 0 Å². The number of hydrogen-bond donors (Lipinski definition) is 0. The summed E-state index contributed by atoms with van der Waals surface area (Å²) in [4.78, 5) is 0. The monoisotopic (exact) mass is 152 g/mol. The number of ether oxygens (including phenoxy) is 1. The lowest BCUT2D eigenvalue weighted by Gasteiger charge is -2.13. The predicted molar refractivity (Wildman–Crippen MR) is 47.5 cm³/mol. The maximum atomic E-state index is 5.44. The number of hydrogen-bond acceptors (Lipinski definition) is 1. The average Bonchev–Trinajstić information content (AvgIpc) is 2.36. The SMILES string of the molecule is C=C(/C=C\C)C1CCOC1C. The van der Waals surface area contributed by atoms with Gasteiger partial charge in [0.2, 0.25) is 0 Å². The van der Waals surface area contributed by atoms with Crippen LogP contribution in [0, 0.1) is 5.92 Å². The highest BCUT2D eigenvalue weighted by Gasteiger charge is 2.24. The number of rotatable bonds is 2. The van der Waals surface area contributed by atoms with Gasteiger partial charge in [-0.3, -0.25) is 0 Å². The molecule has 1 heteroatoms. The van der Waals surface area contributed by atoms with E-state index < -0.39 is 0 Å². The highest BCUT2D eigenvalue weighted by Crippen LogP contribution is 2.27. The summed E-state index contributed by atoms with van der Waals surface area (Å²) in [7, 11) is 0. The third-order valence-corrected chi connectivity index (χ3v) is 2.23. The van der Waals surface area contributed by atoms with Crippen LogP contribution >= 0.6 is 0 Å². The zero-order chi connectivity index (χ0) is 8.27. The van der Waals surface area contributed by atoms with Gasteiger partial charge < -0.3 is 4.74 Å². The summed E-state index contributed by atoms with van der Waals surface area (Å²) in [5, 5.41) is 0. The van der Waals surface area contributed by atoms with Crippen LogP contribution in [0.2, 0.25) is 0 Å². The van der Waals surface area contributed by atoms with Crippen molar-refractivity contribution in [1.29, 1.82) is 0 Å². The van der Waals surface area contributed by atoms with E-state index in [9.17, 15) is 0 Å². The Hall–Kier alpha value is -0.560. The molecule has 2 unspecified atom stereocenters. The van der Waals surface area contributed by atoms with Gasteiger partial charge in [-0.2, -0.15) is 0 Å². The van der Waals surface area contributed by atoms with Gasteiger partial charge in [0, 0.05) is 12.5 Å². The number of allylic oxidation sites excluding steroid dienone is 2. The van der Waals surface area contributed by atoms with E-state index in [1.165, 1.54) is 5.57 Å². The summed E-state index contributed by atoms with van der Waals surface area (Å²) in [6, 6.07) is 0. The Bertz CT molecular complexity index is 170. The summed E-state index contributed by atoms with van der Waals surface area (Å²) in [6.45, 7) is 9.04. The molecule has 0 bridgehead atoms. The molecule has 1 aliphatic rings. The first-order valence-corrected chi connectivity index (χ1v) is 4.18. The van der Waals surface area contributed by atoms with E-state index in [1.807, 2.05) is 13.0 Å². The average molecular weight is 152 g/mol. The Morgan fingerprint density at radius 1 is 1.64 bits per heavy atom. The second-order valence-electron chi connectivity index (χ2n) is 3.05. The highest BCUT2D eigenvalue weighted by molar-refractivity contribution is 5.19. The molecule has 0 aliphatic carbocycles. The highest BCUT2D eigenvalue weighted by atomic mass is 16.5. The van der Waals surface area contributed by atoms with E-state index >= 15 is 0 Å². The zero-order valence-electron chi connectivity index (χ0n) is 7.34. The van der Waals surface area contributed by atoms with Crippen LogP contribution in [0.1, 0.15) is 20.3 Å². The molecule has 62 valence electrons. The lowest BCUT2D eigenvalue weighted by atomic mass is 9.94. The molecule has 1 saturated heterocycles. The van der Waals surface area contributed by atoms with Gasteiger partial charge in [-0.15, -0.1) is 0 Å². The molecule has 0 spiro atoms. The Kier molecular flexibility index (Phi) is 2.89. The fourth-order valence-corrected chi connectivity index (χ4v) is 1.56.